The minimum atomic E-state index is -0.286. The van der Waals surface area contributed by atoms with Crippen LogP contribution in [0.15, 0.2) is 47.6 Å². The van der Waals surface area contributed by atoms with Crippen molar-refractivity contribution < 1.29 is 14.3 Å². The highest BCUT2D eigenvalue weighted by Gasteiger charge is 2.59. The van der Waals surface area contributed by atoms with Crippen LogP contribution in [0.1, 0.15) is 69.2 Å². The highest BCUT2D eigenvalue weighted by atomic mass is 19.1. The highest BCUT2D eigenvalue weighted by Crippen LogP contribution is 2.66. The van der Waals surface area contributed by atoms with Gasteiger partial charge in [0.25, 0.3) is 0 Å². The zero-order valence-electron chi connectivity index (χ0n) is 18.2. The minimum absolute atomic E-state index is 0.0507. The molecule has 4 aliphatic carbocycles. The van der Waals surface area contributed by atoms with E-state index in [-0.39, 0.29) is 35.0 Å². The molecule has 2 nitrogen and oxygen atoms in total. The van der Waals surface area contributed by atoms with E-state index in [0.29, 0.717) is 23.3 Å². The molecule has 160 valence electrons. The van der Waals surface area contributed by atoms with Crippen LogP contribution in [0.2, 0.25) is 0 Å². The van der Waals surface area contributed by atoms with Crippen molar-refractivity contribution in [2.45, 2.75) is 58.8 Å². The van der Waals surface area contributed by atoms with E-state index in [1.54, 1.807) is 12.1 Å². The fourth-order valence-corrected chi connectivity index (χ4v) is 7.75. The zero-order valence-corrected chi connectivity index (χ0v) is 18.2. The van der Waals surface area contributed by atoms with Gasteiger partial charge >= 0.3 is 0 Å². The molecule has 2 fully saturated rings. The maximum absolute atomic E-state index is 13.4. The van der Waals surface area contributed by atoms with Crippen molar-refractivity contribution in [3.05, 3.63) is 58.9 Å². The molecule has 0 aromatic heterocycles. The smallest absolute Gasteiger partial charge is 0.166 e. The molecule has 0 heterocycles. The second-order valence-electron chi connectivity index (χ2n) is 10.7. The Morgan fingerprint density at radius 3 is 2.60 bits per heavy atom. The molecule has 3 heteroatoms. The van der Waals surface area contributed by atoms with Gasteiger partial charge in [-0.05, 0) is 109 Å². The van der Waals surface area contributed by atoms with Crippen LogP contribution in [-0.2, 0) is 0 Å². The summed E-state index contributed by atoms with van der Waals surface area (Å²) >= 11 is 0. The molecule has 0 saturated heterocycles. The average Bonchev–Trinajstić information content (AvgIpc) is 3.10. The molecular weight excluding hydrogens is 375 g/mol. The fraction of sp³-hybridized carbons (Fsp3) is 0.593. The summed E-state index contributed by atoms with van der Waals surface area (Å²) in [5, 5.41) is 9.60. The molecule has 30 heavy (non-hydrogen) atoms. The number of carbonyl (C=O) groups is 1. The van der Waals surface area contributed by atoms with Crippen LogP contribution in [0.5, 0.6) is 0 Å². The molecule has 1 aromatic rings. The summed E-state index contributed by atoms with van der Waals surface area (Å²) in [6, 6.07) is 6.13. The number of rotatable bonds is 3. The number of hydrogen-bond donors (Lipinski definition) is 1. The topological polar surface area (TPSA) is 37.3 Å². The lowest BCUT2D eigenvalue weighted by molar-refractivity contribution is -0.0317. The number of aliphatic hydroxyl groups excluding tert-OH is 1. The number of Topliss-reactive ketones (excluding diaryl/α,β-unsaturated/α-hetero) is 1. The van der Waals surface area contributed by atoms with E-state index in [1.807, 2.05) is 0 Å². The molecule has 2 saturated carbocycles. The predicted molar refractivity (Wildman–Crippen MR) is 116 cm³/mol. The van der Waals surface area contributed by atoms with E-state index in [4.69, 9.17) is 0 Å². The van der Waals surface area contributed by atoms with Gasteiger partial charge in [-0.2, -0.15) is 0 Å². The Kier molecular flexibility index (Phi) is 4.81. The Morgan fingerprint density at radius 2 is 1.87 bits per heavy atom. The Morgan fingerprint density at radius 1 is 1.10 bits per heavy atom. The van der Waals surface area contributed by atoms with Crippen LogP contribution in [0.3, 0.4) is 0 Å². The monoisotopic (exact) mass is 408 g/mol. The summed E-state index contributed by atoms with van der Waals surface area (Å²) < 4.78 is 13.3. The first-order chi connectivity index (χ1) is 14.4. The van der Waals surface area contributed by atoms with Crippen LogP contribution in [0.4, 0.5) is 4.39 Å². The number of allylic oxidation sites excluding steroid dienone is 3. The largest absolute Gasteiger partial charge is 0.392 e. The molecule has 4 aliphatic rings. The van der Waals surface area contributed by atoms with E-state index >= 15 is 0 Å². The van der Waals surface area contributed by atoms with Gasteiger partial charge < -0.3 is 5.11 Å². The van der Waals surface area contributed by atoms with Gasteiger partial charge in [0.2, 0.25) is 0 Å². The third kappa shape index (κ3) is 2.88. The van der Waals surface area contributed by atoms with Crippen molar-refractivity contribution in [3.63, 3.8) is 0 Å². The van der Waals surface area contributed by atoms with Crippen molar-refractivity contribution in [1.29, 1.82) is 0 Å². The molecule has 6 atom stereocenters. The molecule has 5 rings (SSSR count). The van der Waals surface area contributed by atoms with E-state index in [1.165, 1.54) is 29.7 Å². The van der Waals surface area contributed by atoms with Gasteiger partial charge in [-0.25, -0.2) is 4.39 Å². The van der Waals surface area contributed by atoms with Crippen LogP contribution in [0, 0.1) is 40.3 Å². The summed E-state index contributed by atoms with van der Waals surface area (Å²) in [5.74, 6) is 1.89. The maximum Gasteiger partial charge on any atom is 0.166 e. The number of ketones is 1. The molecule has 0 aliphatic heterocycles. The van der Waals surface area contributed by atoms with Crippen LogP contribution >= 0.6 is 0 Å². The molecule has 1 N–H and O–H groups in total. The Bertz CT molecular complexity index is 913. The first-order valence-corrected chi connectivity index (χ1v) is 11.7. The number of halogens is 1. The van der Waals surface area contributed by atoms with Gasteiger partial charge in [-0.3, -0.25) is 4.79 Å². The van der Waals surface area contributed by atoms with Gasteiger partial charge in [0.1, 0.15) is 5.82 Å². The quantitative estimate of drug-likeness (QED) is 0.612. The lowest BCUT2D eigenvalue weighted by atomic mass is 9.47. The molecule has 1 aromatic carbocycles. The van der Waals surface area contributed by atoms with Gasteiger partial charge in [-0.1, -0.05) is 26.0 Å². The van der Waals surface area contributed by atoms with Crippen molar-refractivity contribution >= 4 is 5.78 Å². The van der Waals surface area contributed by atoms with E-state index in [9.17, 15) is 14.3 Å². The standard InChI is InChI=1S/C27H33FO2/c1-26-13-11-17(16-29)15-19(26)5-8-21-22-9-10-24(27(22,2)14-12-23(21)26)25(30)18-3-6-20(28)7-4-18/h3-7,15,21-24,29H,8-14,16H2,1-2H3/t21?,22?,23?,24-,26+,27+/m1/s1. The third-order valence-electron chi connectivity index (χ3n) is 9.50. The van der Waals surface area contributed by atoms with Gasteiger partial charge in [0.05, 0.1) is 6.61 Å². The Labute approximate surface area is 179 Å². The normalized spacial score (nSPS) is 40.0. The summed E-state index contributed by atoms with van der Waals surface area (Å²) in [6.45, 7) is 4.98. The first kappa shape index (κ1) is 20.2. The van der Waals surface area contributed by atoms with Crippen molar-refractivity contribution in [2.75, 3.05) is 6.61 Å². The molecular formula is C27H33FO2. The molecule has 0 radical (unpaired) electrons. The maximum atomic E-state index is 13.4. The van der Waals surface area contributed by atoms with Crippen LogP contribution < -0.4 is 0 Å². The Balaban J connectivity index is 1.43. The predicted octanol–water partition coefficient (Wildman–Crippen LogP) is 6.12. The van der Waals surface area contributed by atoms with Crippen LogP contribution in [-0.4, -0.2) is 17.5 Å². The second kappa shape index (κ2) is 7.15. The molecule has 0 amide bonds. The number of carbonyl (C=O) groups excluding carboxylic acids is 1. The lowest BCUT2D eigenvalue weighted by Gasteiger charge is -2.57. The summed E-state index contributed by atoms with van der Waals surface area (Å²) in [6.07, 6.45) is 12.3. The van der Waals surface area contributed by atoms with Gasteiger partial charge in [-0.15, -0.1) is 0 Å². The van der Waals surface area contributed by atoms with E-state index < -0.39 is 0 Å². The highest BCUT2D eigenvalue weighted by molar-refractivity contribution is 5.98. The fourth-order valence-electron chi connectivity index (χ4n) is 7.75. The van der Waals surface area contributed by atoms with E-state index in [2.05, 4.69) is 26.0 Å². The Hall–Kier alpha value is -1.74. The summed E-state index contributed by atoms with van der Waals surface area (Å²) in [4.78, 5) is 13.4. The number of aliphatic hydroxyl groups is 1. The summed E-state index contributed by atoms with van der Waals surface area (Å²) in [7, 11) is 0. The SMILES string of the molecule is C[C@]12CCC(CO)=CC1=CCC1C2CC[C@@]2(C)C1CC[C@@H]2C(=O)c1ccc(F)cc1. The first-order valence-electron chi connectivity index (χ1n) is 11.7. The number of hydrogen-bond acceptors (Lipinski definition) is 2. The zero-order chi connectivity index (χ0) is 21.1. The van der Waals surface area contributed by atoms with Gasteiger partial charge in [0, 0.05) is 11.5 Å². The van der Waals surface area contributed by atoms with Crippen LogP contribution in [0.25, 0.3) is 0 Å². The second-order valence-corrected chi connectivity index (χ2v) is 10.7. The minimum Gasteiger partial charge on any atom is -0.392 e. The molecule has 3 unspecified atom stereocenters. The lowest BCUT2D eigenvalue weighted by Crippen LogP contribution is -2.50. The molecule has 0 spiro atoms. The van der Waals surface area contributed by atoms with Crippen molar-refractivity contribution in [3.8, 4) is 0 Å². The summed E-state index contributed by atoms with van der Waals surface area (Å²) in [5.41, 5.74) is 3.54. The number of fused-ring (bicyclic) bond motifs is 5. The average molecular weight is 409 g/mol. The number of benzene rings is 1. The van der Waals surface area contributed by atoms with E-state index in [0.717, 1.165) is 38.5 Å². The van der Waals surface area contributed by atoms with Gasteiger partial charge in [0.15, 0.2) is 5.78 Å². The third-order valence-corrected chi connectivity index (χ3v) is 9.50. The van der Waals surface area contributed by atoms with Crippen molar-refractivity contribution in [1.82, 2.24) is 0 Å². The molecule has 0 bridgehead atoms. The van der Waals surface area contributed by atoms with Crippen molar-refractivity contribution in [2.24, 2.45) is 34.5 Å².